The molecule has 0 aliphatic rings. The second-order valence-electron chi connectivity index (χ2n) is 3.11. The second kappa shape index (κ2) is 8.82. The van der Waals surface area contributed by atoms with Crippen molar-refractivity contribution in [1.82, 2.24) is 10.6 Å². The molecule has 0 spiro atoms. The number of hydrogen-bond acceptors (Lipinski definition) is 1. The van der Waals surface area contributed by atoms with E-state index in [4.69, 9.17) is 6.42 Å². The lowest BCUT2D eigenvalue weighted by Crippen LogP contribution is -2.36. The van der Waals surface area contributed by atoms with E-state index in [-0.39, 0.29) is 29.8 Å². The summed E-state index contributed by atoms with van der Waals surface area (Å²) in [5.74, 6) is 2.85. The third-order valence-corrected chi connectivity index (χ3v) is 1.95. The highest BCUT2D eigenvalue weighted by atomic mass is 127. The van der Waals surface area contributed by atoms with Crippen molar-refractivity contribution in [3.63, 3.8) is 0 Å². The lowest BCUT2D eigenvalue weighted by Gasteiger charge is -2.09. The van der Waals surface area contributed by atoms with Gasteiger partial charge in [-0.25, -0.2) is 4.39 Å². The van der Waals surface area contributed by atoms with Crippen LogP contribution < -0.4 is 10.6 Å². The Morgan fingerprint density at radius 2 is 2.00 bits per heavy atom. The monoisotopic (exact) mass is 347 g/mol. The van der Waals surface area contributed by atoms with Gasteiger partial charge in [-0.3, -0.25) is 4.99 Å². The molecule has 0 atom stereocenters. The molecule has 0 bridgehead atoms. The van der Waals surface area contributed by atoms with E-state index in [0.717, 1.165) is 5.56 Å². The number of rotatable bonds is 3. The summed E-state index contributed by atoms with van der Waals surface area (Å²) < 4.78 is 12.6. The van der Waals surface area contributed by atoms with Crippen molar-refractivity contribution in [2.45, 2.75) is 6.54 Å². The van der Waals surface area contributed by atoms with Crippen molar-refractivity contribution in [2.24, 2.45) is 4.99 Å². The first-order valence-electron chi connectivity index (χ1n) is 4.88. The van der Waals surface area contributed by atoms with Crippen LogP contribution in [0.25, 0.3) is 0 Å². The second-order valence-corrected chi connectivity index (χ2v) is 3.11. The van der Waals surface area contributed by atoms with Gasteiger partial charge in [0.2, 0.25) is 0 Å². The Morgan fingerprint density at radius 1 is 1.35 bits per heavy atom. The van der Waals surface area contributed by atoms with E-state index in [9.17, 15) is 4.39 Å². The zero-order valence-electron chi connectivity index (χ0n) is 9.53. The Kier molecular flexibility index (Phi) is 8.15. The van der Waals surface area contributed by atoms with Gasteiger partial charge in [0.1, 0.15) is 5.82 Å². The van der Waals surface area contributed by atoms with E-state index >= 15 is 0 Å². The van der Waals surface area contributed by atoms with Crippen molar-refractivity contribution in [2.75, 3.05) is 13.6 Å². The quantitative estimate of drug-likeness (QED) is 0.378. The van der Waals surface area contributed by atoms with Gasteiger partial charge in [-0.15, -0.1) is 30.4 Å². The molecular weight excluding hydrogens is 332 g/mol. The summed E-state index contributed by atoms with van der Waals surface area (Å²) in [6.45, 7) is 0.994. The summed E-state index contributed by atoms with van der Waals surface area (Å²) in [6.07, 6.45) is 5.12. The van der Waals surface area contributed by atoms with Gasteiger partial charge in [0.15, 0.2) is 5.96 Å². The molecule has 0 fully saturated rings. The Bertz CT molecular complexity index is 395. The van der Waals surface area contributed by atoms with Crippen LogP contribution in [0.5, 0.6) is 0 Å². The molecule has 1 rings (SSSR count). The van der Waals surface area contributed by atoms with Gasteiger partial charge in [-0.1, -0.05) is 18.1 Å². The molecule has 1 aromatic carbocycles. The van der Waals surface area contributed by atoms with Crippen LogP contribution in [-0.4, -0.2) is 19.6 Å². The summed E-state index contributed by atoms with van der Waals surface area (Å²) in [6, 6.07) is 6.29. The average Bonchev–Trinajstić information content (AvgIpc) is 2.32. The smallest absolute Gasteiger partial charge is 0.192 e. The molecule has 0 unspecified atom stereocenters. The van der Waals surface area contributed by atoms with Crippen LogP contribution in [0, 0.1) is 18.2 Å². The summed E-state index contributed by atoms with van der Waals surface area (Å²) in [4.78, 5) is 3.98. The lowest BCUT2D eigenvalue weighted by atomic mass is 10.2. The highest BCUT2D eigenvalue weighted by Gasteiger charge is 1.97. The number of hydrogen-bond donors (Lipinski definition) is 2. The number of nitrogens with zero attached hydrogens (tertiary/aromatic N) is 1. The Labute approximate surface area is 118 Å². The van der Waals surface area contributed by atoms with Gasteiger partial charge in [0, 0.05) is 13.6 Å². The number of aliphatic imine (C=N–C) groups is 1. The zero-order chi connectivity index (χ0) is 11.8. The summed E-state index contributed by atoms with van der Waals surface area (Å²) >= 11 is 0. The fraction of sp³-hybridized carbons (Fsp3) is 0.250. The third kappa shape index (κ3) is 6.12. The molecule has 2 N–H and O–H groups in total. The number of benzene rings is 1. The summed E-state index contributed by atoms with van der Waals surface area (Å²) in [7, 11) is 1.66. The molecule has 0 radical (unpaired) electrons. The summed E-state index contributed by atoms with van der Waals surface area (Å²) in [5.41, 5.74) is 0.977. The van der Waals surface area contributed by atoms with Gasteiger partial charge < -0.3 is 10.6 Å². The molecule has 1 aromatic rings. The predicted molar refractivity (Wildman–Crippen MR) is 78.8 cm³/mol. The molecule has 5 heteroatoms. The molecule has 0 aliphatic carbocycles. The van der Waals surface area contributed by atoms with E-state index < -0.39 is 0 Å². The SMILES string of the molecule is C#CCNC(=NC)NCc1ccc(F)cc1.I. The van der Waals surface area contributed by atoms with Crippen molar-refractivity contribution in [3.05, 3.63) is 35.6 Å². The highest BCUT2D eigenvalue weighted by molar-refractivity contribution is 14.0. The van der Waals surface area contributed by atoms with Crippen LogP contribution in [-0.2, 0) is 6.54 Å². The fourth-order valence-corrected chi connectivity index (χ4v) is 1.14. The van der Waals surface area contributed by atoms with Crippen molar-refractivity contribution < 1.29 is 4.39 Å². The van der Waals surface area contributed by atoms with Crippen molar-refractivity contribution >= 4 is 29.9 Å². The minimum absolute atomic E-state index is 0. The predicted octanol–water partition coefficient (Wildman–Crippen LogP) is 1.74. The largest absolute Gasteiger partial charge is 0.352 e. The normalized spacial score (nSPS) is 10.1. The lowest BCUT2D eigenvalue weighted by molar-refractivity contribution is 0.626. The Morgan fingerprint density at radius 3 is 2.53 bits per heavy atom. The van der Waals surface area contributed by atoms with Gasteiger partial charge in [0.25, 0.3) is 0 Å². The zero-order valence-corrected chi connectivity index (χ0v) is 11.9. The standard InChI is InChI=1S/C12H14FN3.HI/c1-3-8-15-12(14-2)16-9-10-4-6-11(13)7-5-10;/h1,4-7H,8-9H2,2H3,(H2,14,15,16);1H. The molecule has 92 valence electrons. The van der Waals surface area contributed by atoms with Crippen LogP contribution in [0.2, 0.25) is 0 Å². The fourth-order valence-electron chi connectivity index (χ4n) is 1.14. The third-order valence-electron chi connectivity index (χ3n) is 1.95. The number of nitrogens with one attached hydrogen (secondary N) is 2. The minimum Gasteiger partial charge on any atom is -0.352 e. The van der Waals surface area contributed by atoms with Crippen LogP contribution in [0.15, 0.2) is 29.3 Å². The first-order valence-corrected chi connectivity index (χ1v) is 4.88. The maximum atomic E-state index is 12.6. The maximum absolute atomic E-state index is 12.6. The topological polar surface area (TPSA) is 36.4 Å². The molecule has 17 heavy (non-hydrogen) atoms. The Hall–Kier alpha value is -1.29. The Balaban J connectivity index is 0.00000256. The van der Waals surface area contributed by atoms with Crippen LogP contribution in [0.3, 0.4) is 0 Å². The van der Waals surface area contributed by atoms with Gasteiger partial charge >= 0.3 is 0 Å². The maximum Gasteiger partial charge on any atom is 0.192 e. The molecule has 0 aromatic heterocycles. The van der Waals surface area contributed by atoms with Gasteiger partial charge in [-0.05, 0) is 17.7 Å². The van der Waals surface area contributed by atoms with Gasteiger partial charge in [-0.2, -0.15) is 0 Å². The van der Waals surface area contributed by atoms with Crippen LogP contribution >= 0.6 is 24.0 Å². The van der Waals surface area contributed by atoms with E-state index in [0.29, 0.717) is 19.0 Å². The van der Waals surface area contributed by atoms with E-state index in [1.54, 1.807) is 19.2 Å². The average molecular weight is 347 g/mol. The summed E-state index contributed by atoms with van der Waals surface area (Å²) in [5, 5.41) is 5.99. The molecule has 0 saturated carbocycles. The van der Waals surface area contributed by atoms with Gasteiger partial charge in [0.05, 0.1) is 6.54 Å². The first kappa shape index (κ1) is 15.7. The van der Waals surface area contributed by atoms with Crippen LogP contribution in [0.4, 0.5) is 4.39 Å². The molecule has 0 aliphatic heterocycles. The van der Waals surface area contributed by atoms with Crippen LogP contribution in [0.1, 0.15) is 5.56 Å². The molecule has 0 saturated heterocycles. The van der Waals surface area contributed by atoms with E-state index in [1.165, 1.54) is 12.1 Å². The first-order chi connectivity index (χ1) is 7.76. The molecular formula is C12H15FIN3. The number of halogens is 2. The number of terminal acetylenes is 1. The molecule has 0 heterocycles. The van der Waals surface area contributed by atoms with E-state index in [2.05, 4.69) is 21.5 Å². The van der Waals surface area contributed by atoms with Crippen molar-refractivity contribution in [3.8, 4) is 12.3 Å². The number of guanidine groups is 1. The molecule has 3 nitrogen and oxygen atoms in total. The molecule has 0 amide bonds. The highest BCUT2D eigenvalue weighted by Crippen LogP contribution is 2.01. The minimum atomic E-state index is -0.237. The van der Waals surface area contributed by atoms with E-state index in [1.807, 2.05) is 0 Å². The van der Waals surface area contributed by atoms with Crippen molar-refractivity contribution in [1.29, 1.82) is 0 Å².